The van der Waals surface area contributed by atoms with Crippen molar-refractivity contribution >= 4 is 33.3 Å². The molecule has 0 amide bonds. The van der Waals surface area contributed by atoms with Gasteiger partial charge in [0.05, 0.1) is 7.11 Å². The molecular formula is C29H24BrO2S. The van der Waals surface area contributed by atoms with Crippen LogP contribution in [0.5, 0.6) is 11.5 Å². The van der Waals surface area contributed by atoms with Gasteiger partial charge in [-0.1, -0.05) is 70.5 Å². The van der Waals surface area contributed by atoms with E-state index in [2.05, 4.69) is 82.7 Å². The Morgan fingerprint density at radius 1 is 0.848 bits per heavy atom. The number of hydrogen-bond donors (Lipinski definition) is 0. The van der Waals surface area contributed by atoms with E-state index in [1.807, 2.05) is 31.2 Å². The quantitative estimate of drug-likeness (QED) is 0.230. The summed E-state index contributed by atoms with van der Waals surface area (Å²) < 4.78 is 6.32. The lowest BCUT2D eigenvalue weighted by atomic mass is 9.95. The van der Waals surface area contributed by atoms with Crippen molar-refractivity contribution in [2.45, 2.75) is 11.8 Å². The number of thioether (sulfide) groups is 1. The average molecular weight is 516 g/mol. The minimum absolute atomic E-state index is 0.0855. The first-order chi connectivity index (χ1) is 16.0. The van der Waals surface area contributed by atoms with E-state index >= 15 is 0 Å². The molecular weight excluding hydrogens is 492 g/mol. The largest absolute Gasteiger partial charge is 0.497 e. The maximum Gasteiger partial charge on any atom is 0.181 e. The van der Waals surface area contributed by atoms with Gasteiger partial charge < -0.3 is 4.74 Å². The van der Waals surface area contributed by atoms with E-state index in [1.54, 1.807) is 24.9 Å². The van der Waals surface area contributed by atoms with E-state index in [0.29, 0.717) is 0 Å². The molecule has 0 heterocycles. The summed E-state index contributed by atoms with van der Waals surface area (Å²) in [4.78, 5) is 1.10. The molecule has 0 aliphatic heterocycles. The van der Waals surface area contributed by atoms with Crippen LogP contribution in [0.4, 0.5) is 0 Å². The highest BCUT2D eigenvalue weighted by Crippen LogP contribution is 2.30. The smallest absolute Gasteiger partial charge is 0.181 e. The first-order valence-corrected chi connectivity index (χ1v) is 12.4. The van der Waals surface area contributed by atoms with Crippen LogP contribution in [0, 0.1) is 6.92 Å². The molecule has 2 nitrogen and oxygen atoms in total. The van der Waals surface area contributed by atoms with Crippen molar-refractivity contribution in [3.05, 3.63) is 118 Å². The van der Waals surface area contributed by atoms with E-state index in [4.69, 9.17) is 4.74 Å². The lowest BCUT2D eigenvalue weighted by molar-refractivity contribution is 0.351. The van der Waals surface area contributed by atoms with E-state index < -0.39 is 0 Å². The molecule has 4 rings (SSSR count). The van der Waals surface area contributed by atoms with Crippen molar-refractivity contribution in [2.24, 2.45) is 0 Å². The summed E-state index contributed by atoms with van der Waals surface area (Å²) >= 11 is 5.27. The van der Waals surface area contributed by atoms with Crippen molar-refractivity contribution in [1.29, 1.82) is 0 Å². The maximum atomic E-state index is 11.7. The number of halogens is 1. The van der Waals surface area contributed by atoms with Gasteiger partial charge in [0, 0.05) is 15.1 Å². The summed E-state index contributed by atoms with van der Waals surface area (Å²) in [7, 11) is 1.68. The second-order valence-electron chi connectivity index (χ2n) is 7.67. The number of rotatable bonds is 7. The second-order valence-corrected chi connectivity index (χ2v) is 9.68. The van der Waals surface area contributed by atoms with E-state index in [9.17, 15) is 5.11 Å². The van der Waals surface area contributed by atoms with Gasteiger partial charge in [-0.3, -0.25) is 5.11 Å². The van der Waals surface area contributed by atoms with Crippen LogP contribution < -0.4 is 4.74 Å². The summed E-state index contributed by atoms with van der Waals surface area (Å²) in [5, 5.41) is 11.7. The zero-order valence-electron chi connectivity index (χ0n) is 18.5. The average Bonchev–Trinajstić information content (AvgIpc) is 2.85. The fraction of sp³-hybridized carbons (Fsp3) is 0.103. The minimum atomic E-state index is 0.0855. The SMILES string of the molecule is COc1ccc(-c2ccc(/C(=C/CSc3ccc([O])c(C)c3)c3ccc(Br)cc3)cc2)cc1. The molecule has 0 saturated heterocycles. The third-order valence-electron chi connectivity index (χ3n) is 5.46. The van der Waals surface area contributed by atoms with Crippen LogP contribution in [0.15, 0.2) is 106 Å². The molecule has 33 heavy (non-hydrogen) atoms. The van der Waals surface area contributed by atoms with E-state index in [0.717, 1.165) is 32.0 Å². The molecule has 0 bridgehead atoms. The van der Waals surface area contributed by atoms with Gasteiger partial charge >= 0.3 is 0 Å². The van der Waals surface area contributed by atoms with Crippen LogP contribution in [-0.2, 0) is 5.11 Å². The number of benzene rings is 4. The lowest BCUT2D eigenvalue weighted by Gasteiger charge is -2.11. The predicted molar refractivity (Wildman–Crippen MR) is 142 cm³/mol. The normalized spacial score (nSPS) is 11.4. The topological polar surface area (TPSA) is 29.1 Å². The first-order valence-electron chi connectivity index (χ1n) is 10.6. The Balaban J connectivity index is 1.60. The van der Waals surface area contributed by atoms with Crippen LogP contribution in [-0.4, -0.2) is 12.9 Å². The molecule has 165 valence electrons. The Hall–Kier alpha value is -2.95. The lowest BCUT2D eigenvalue weighted by Crippen LogP contribution is -1.90. The number of hydrogen-bond acceptors (Lipinski definition) is 2. The Labute approximate surface area is 208 Å². The van der Waals surface area contributed by atoms with Crippen LogP contribution in [0.25, 0.3) is 16.7 Å². The zero-order chi connectivity index (χ0) is 23.2. The molecule has 0 aromatic heterocycles. The van der Waals surface area contributed by atoms with Crippen LogP contribution in [0.3, 0.4) is 0 Å². The molecule has 4 aromatic rings. The molecule has 0 N–H and O–H groups in total. The van der Waals surface area contributed by atoms with Crippen molar-refractivity contribution in [3.8, 4) is 22.6 Å². The molecule has 1 radical (unpaired) electrons. The molecule has 0 saturated carbocycles. The van der Waals surface area contributed by atoms with Crippen molar-refractivity contribution in [2.75, 3.05) is 12.9 Å². The van der Waals surface area contributed by atoms with Gasteiger partial charge in [-0.25, -0.2) is 0 Å². The summed E-state index contributed by atoms with van der Waals surface area (Å²) in [6.45, 7) is 1.86. The number of aryl methyl sites for hydroxylation is 1. The summed E-state index contributed by atoms with van der Waals surface area (Å²) in [6, 6.07) is 30.7. The van der Waals surface area contributed by atoms with Crippen LogP contribution >= 0.6 is 27.7 Å². The highest BCUT2D eigenvalue weighted by atomic mass is 79.9. The van der Waals surface area contributed by atoms with Crippen molar-refractivity contribution in [3.63, 3.8) is 0 Å². The predicted octanol–water partition coefficient (Wildman–Crippen LogP) is 8.80. The van der Waals surface area contributed by atoms with E-state index in [1.165, 1.54) is 22.3 Å². The Morgan fingerprint density at radius 2 is 1.42 bits per heavy atom. The molecule has 0 atom stereocenters. The van der Waals surface area contributed by atoms with Gasteiger partial charge in [-0.2, -0.15) is 0 Å². The minimum Gasteiger partial charge on any atom is -0.497 e. The maximum absolute atomic E-state index is 11.7. The van der Waals surface area contributed by atoms with Gasteiger partial charge in [-0.05, 0) is 82.8 Å². The van der Waals surface area contributed by atoms with E-state index in [-0.39, 0.29) is 5.75 Å². The molecule has 0 fully saturated rings. The van der Waals surface area contributed by atoms with Gasteiger partial charge in [0.2, 0.25) is 0 Å². The Kier molecular flexibility index (Phi) is 7.58. The van der Waals surface area contributed by atoms with Crippen molar-refractivity contribution < 1.29 is 9.84 Å². The summed E-state index contributed by atoms with van der Waals surface area (Å²) in [5.74, 6) is 1.75. The zero-order valence-corrected chi connectivity index (χ0v) is 20.9. The van der Waals surface area contributed by atoms with Gasteiger partial charge in [-0.15, -0.1) is 11.8 Å². The third kappa shape index (κ3) is 5.89. The highest BCUT2D eigenvalue weighted by molar-refractivity contribution is 9.10. The fourth-order valence-corrected chi connectivity index (χ4v) is 4.72. The van der Waals surface area contributed by atoms with Crippen LogP contribution in [0.2, 0.25) is 0 Å². The molecule has 0 spiro atoms. The van der Waals surface area contributed by atoms with Crippen LogP contribution in [0.1, 0.15) is 16.7 Å². The molecule has 4 heteroatoms. The first kappa shape index (κ1) is 23.2. The van der Waals surface area contributed by atoms with Gasteiger partial charge in [0.25, 0.3) is 0 Å². The monoisotopic (exact) mass is 515 g/mol. The number of ether oxygens (including phenoxy) is 1. The standard InChI is InChI=1S/C29H24BrO2S/c1-20-19-27(15-16-29(20)31)33-18-17-28(24-7-11-25(30)12-8-24)23-5-3-21(4-6-23)22-9-13-26(32-2)14-10-22/h3-17,19H,18H2,1-2H3/b28-17-. The Morgan fingerprint density at radius 3 is 2.00 bits per heavy atom. The van der Waals surface area contributed by atoms with Gasteiger partial charge in [0.1, 0.15) is 5.75 Å². The fourth-order valence-electron chi connectivity index (χ4n) is 3.59. The van der Waals surface area contributed by atoms with Gasteiger partial charge in [0.15, 0.2) is 5.75 Å². The molecule has 4 aromatic carbocycles. The third-order valence-corrected chi connectivity index (χ3v) is 6.91. The highest BCUT2D eigenvalue weighted by Gasteiger charge is 2.07. The summed E-state index contributed by atoms with van der Waals surface area (Å²) in [5.41, 5.74) is 6.63. The Bertz CT molecular complexity index is 1240. The molecule has 0 aliphatic rings. The summed E-state index contributed by atoms with van der Waals surface area (Å²) in [6.07, 6.45) is 2.26. The second kappa shape index (κ2) is 10.8. The van der Waals surface area contributed by atoms with Crippen molar-refractivity contribution in [1.82, 2.24) is 0 Å². The molecule has 0 unspecified atom stereocenters. The molecule has 0 aliphatic carbocycles. The number of methoxy groups -OCH3 is 1.